The second-order valence-corrected chi connectivity index (χ2v) is 6.60. The largest absolute Gasteiger partial charge is 0.480 e. The molecule has 116 valence electrons. The van der Waals surface area contributed by atoms with Gasteiger partial charge in [-0.15, -0.1) is 0 Å². The summed E-state index contributed by atoms with van der Waals surface area (Å²) < 4.78 is 5.99. The summed E-state index contributed by atoms with van der Waals surface area (Å²) in [6.45, 7) is 7.89. The van der Waals surface area contributed by atoms with Crippen LogP contribution in [-0.2, 0) is 11.3 Å². The standard InChI is InChI=1S/C17H26N2O2/c1-17(2,3)19-12-13-8-4-5-9-14(13)21-15-10-6-7-11-18-16(15)20/h4-5,8-9,15,19H,6-7,10-12H2,1-3H3,(H,18,20). The zero-order valence-electron chi connectivity index (χ0n) is 13.2. The van der Waals surface area contributed by atoms with Crippen molar-refractivity contribution in [3.8, 4) is 5.75 Å². The Labute approximate surface area is 127 Å². The van der Waals surface area contributed by atoms with E-state index in [9.17, 15) is 4.79 Å². The zero-order valence-corrected chi connectivity index (χ0v) is 13.2. The van der Waals surface area contributed by atoms with Crippen molar-refractivity contribution in [3.63, 3.8) is 0 Å². The molecule has 0 aliphatic carbocycles. The molecule has 1 aromatic carbocycles. The van der Waals surface area contributed by atoms with Gasteiger partial charge in [0.2, 0.25) is 0 Å². The van der Waals surface area contributed by atoms with Crippen molar-refractivity contribution in [1.82, 2.24) is 10.6 Å². The molecule has 0 aromatic heterocycles. The summed E-state index contributed by atoms with van der Waals surface area (Å²) in [5.41, 5.74) is 1.14. The SMILES string of the molecule is CC(C)(C)NCc1ccccc1OC1CCCCNC1=O. The normalized spacial score (nSPS) is 19.8. The third kappa shape index (κ3) is 5.05. The Morgan fingerprint density at radius 2 is 2.05 bits per heavy atom. The molecule has 1 fully saturated rings. The number of para-hydroxylation sites is 1. The summed E-state index contributed by atoms with van der Waals surface area (Å²) in [6.07, 6.45) is 2.46. The van der Waals surface area contributed by atoms with Crippen molar-refractivity contribution in [3.05, 3.63) is 29.8 Å². The van der Waals surface area contributed by atoms with Crippen LogP contribution in [0, 0.1) is 0 Å². The fourth-order valence-electron chi connectivity index (χ4n) is 2.30. The molecule has 0 saturated carbocycles. The first-order valence-corrected chi connectivity index (χ1v) is 7.73. The van der Waals surface area contributed by atoms with Gasteiger partial charge in [0.05, 0.1) is 0 Å². The van der Waals surface area contributed by atoms with Gasteiger partial charge in [0.25, 0.3) is 5.91 Å². The predicted octanol–water partition coefficient (Wildman–Crippen LogP) is 2.62. The van der Waals surface area contributed by atoms with Crippen LogP contribution in [0.25, 0.3) is 0 Å². The number of rotatable bonds is 4. The Morgan fingerprint density at radius 3 is 2.81 bits per heavy atom. The van der Waals surface area contributed by atoms with Gasteiger partial charge in [-0.2, -0.15) is 0 Å². The zero-order chi connectivity index (χ0) is 15.3. The molecule has 0 radical (unpaired) electrons. The molecule has 1 amide bonds. The fourth-order valence-corrected chi connectivity index (χ4v) is 2.30. The molecule has 4 heteroatoms. The molecule has 4 nitrogen and oxygen atoms in total. The van der Waals surface area contributed by atoms with Gasteiger partial charge in [-0.05, 0) is 46.1 Å². The molecule has 1 aromatic rings. The average Bonchev–Trinajstić information content (AvgIpc) is 2.62. The van der Waals surface area contributed by atoms with E-state index in [1.54, 1.807) is 0 Å². The second-order valence-electron chi connectivity index (χ2n) is 6.60. The number of carbonyl (C=O) groups is 1. The summed E-state index contributed by atoms with van der Waals surface area (Å²) in [6, 6.07) is 7.94. The molecule has 1 heterocycles. The quantitative estimate of drug-likeness (QED) is 0.896. The average molecular weight is 290 g/mol. The number of ether oxygens (including phenoxy) is 1. The molecule has 1 aliphatic heterocycles. The van der Waals surface area contributed by atoms with E-state index in [0.717, 1.165) is 43.7 Å². The first kappa shape index (κ1) is 15.8. The van der Waals surface area contributed by atoms with E-state index in [0.29, 0.717) is 0 Å². The first-order valence-electron chi connectivity index (χ1n) is 7.73. The van der Waals surface area contributed by atoms with Crippen LogP contribution < -0.4 is 15.4 Å². The van der Waals surface area contributed by atoms with Crippen molar-refractivity contribution in [2.45, 2.75) is 58.2 Å². The number of benzene rings is 1. The highest BCUT2D eigenvalue weighted by atomic mass is 16.5. The Morgan fingerprint density at radius 1 is 1.29 bits per heavy atom. The van der Waals surface area contributed by atoms with Crippen LogP contribution in [0.15, 0.2) is 24.3 Å². The van der Waals surface area contributed by atoms with E-state index in [-0.39, 0.29) is 17.6 Å². The molecule has 0 bridgehead atoms. The van der Waals surface area contributed by atoms with Crippen LogP contribution in [0.4, 0.5) is 0 Å². The lowest BCUT2D eigenvalue weighted by molar-refractivity contribution is -0.127. The molecule has 1 aliphatic rings. The minimum absolute atomic E-state index is 0.00563. The van der Waals surface area contributed by atoms with Crippen molar-refractivity contribution in [2.24, 2.45) is 0 Å². The third-order valence-electron chi connectivity index (χ3n) is 3.54. The highest BCUT2D eigenvalue weighted by molar-refractivity contribution is 5.81. The Kier molecular flexibility index (Phi) is 5.23. The van der Waals surface area contributed by atoms with Crippen LogP contribution in [0.2, 0.25) is 0 Å². The summed E-state index contributed by atoms with van der Waals surface area (Å²) in [7, 11) is 0. The topological polar surface area (TPSA) is 50.4 Å². The van der Waals surface area contributed by atoms with Gasteiger partial charge in [-0.3, -0.25) is 4.79 Å². The molecule has 0 spiro atoms. The maximum Gasteiger partial charge on any atom is 0.261 e. The van der Waals surface area contributed by atoms with Crippen molar-refractivity contribution < 1.29 is 9.53 Å². The highest BCUT2D eigenvalue weighted by Gasteiger charge is 2.23. The van der Waals surface area contributed by atoms with Crippen LogP contribution in [0.3, 0.4) is 0 Å². The maximum absolute atomic E-state index is 12.0. The van der Waals surface area contributed by atoms with Crippen molar-refractivity contribution >= 4 is 5.91 Å². The summed E-state index contributed by atoms with van der Waals surface area (Å²) in [5.74, 6) is 0.808. The third-order valence-corrected chi connectivity index (χ3v) is 3.54. The van der Waals surface area contributed by atoms with Gasteiger partial charge in [-0.1, -0.05) is 18.2 Å². The maximum atomic E-state index is 12.0. The second kappa shape index (κ2) is 6.94. The van der Waals surface area contributed by atoms with Crippen molar-refractivity contribution in [2.75, 3.05) is 6.54 Å². The summed E-state index contributed by atoms with van der Waals surface area (Å²) >= 11 is 0. The van der Waals surface area contributed by atoms with Crippen LogP contribution in [0.5, 0.6) is 5.75 Å². The molecule has 1 unspecified atom stereocenters. The number of amides is 1. The molecule has 1 saturated heterocycles. The Bertz CT molecular complexity index is 480. The lowest BCUT2D eigenvalue weighted by atomic mass is 10.1. The van der Waals surface area contributed by atoms with Crippen molar-refractivity contribution in [1.29, 1.82) is 0 Å². The first-order chi connectivity index (χ1) is 9.96. The number of nitrogens with one attached hydrogen (secondary N) is 2. The predicted molar refractivity (Wildman–Crippen MR) is 84.3 cm³/mol. The molecular formula is C17H26N2O2. The molecule has 2 rings (SSSR count). The Balaban J connectivity index is 2.06. The molecular weight excluding hydrogens is 264 g/mol. The minimum atomic E-state index is -0.372. The molecule has 21 heavy (non-hydrogen) atoms. The Hall–Kier alpha value is -1.55. The molecule has 1 atom stereocenters. The fraction of sp³-hybridized carbons (Fsp3) is 0.588. The van der Waals surface area contributed by atoms with Gasteiger partial charge in [0, 0.05) is 24.2 Å². The van der Waals surface area contributed by atoms with E-state index in [2.05, 4.69) is 31.4 Å². The lowest BCUT2D eigenvalue weighted by Crippen LogP contribution is -2.37. The number of hydrogen-bond acceptors (Lipinski definition) is 3. The lowest BCUT2D eigenvalue weighted by Gasteiger charge is -2.23. The number of carbonyl (C=O) groups excluding carboxylic acids is 1. The smallest absolute Gasteiger partial charge is 0.261 e. The highest BCUT2D eigenvalue weighted by Crippen LogP contribution is 2.22. The van der Waals surface area contributed by atoms with Crippen LogP contribution in [-0.4, -0.2) is 24.1 Å². The molecule has 2 N–H and O–H groups in total. The summed E-state index contributed by atoms with van der Waals surface area (Å²) in [5, 5.41) is 6.37. The number of hydrogen-bond donors (Lipinski definition) is 2. The van der Waals surface area contributed by atoms with Crippen LogP contribution in [0.1, 0.15) is 45.6 Å². The minimum Gasteiger partial charge on any atom is -0.480 e. The van der Waals surface area contributed by atoms with Gasteiger partial charge in [0.15, 0.2) is 6.10 Å². The van der Waals surface area contributed by atoms with E-state index in [4.69, 9.17) is 4.74 Å². The van der Waals surface area contributed by atoms with Gasteiger partial charge >= 0.3 is 0 Å². The summed E-state index contributed by atoms with van der Waals surface area (Å²) in [4.78, 5) is 12.0. The van der Waals surface area contributed by atoms with E-state index < -0.39 is 0 Å². The van der Waals surface area contributed by atoms with E-state index in [1.807, 2.05) is 24.3 Å². The van der Waals surface area contributed by atoms with E-state index >= 15 is 0 Å². The van der Waals surface area contributed by atoms with Gasteiger partial charge in [0.1, 0.15) is 5.75 Å². The van der Waals surface area contributed by atoms with E-state index in [1.165, 1.54) is 0 Å². The monoisotopic (exact) mass is 290 g/mol. The van der Waals surface area contributed by atoms with Gasteiger partial charge in [-0.25, -0.2) is 0 Å². The van der Waals surface area contributed by atoms with Gasteiger partial charge < -0.3 is 15.4 Å². The van der Waals surface area contributed by atoms with Crippen LogP contribution >= 0.6 is 0 Å².